The number of anilines is 1. The Morgan fingerprint density at radius 1 is 1.10 bits per heavy atom. The van der Waals surface area contributed by atoms with Gasteiger partial charge in [0.15, 0.2) is 6.04 Å². The number of carbonyl (C=O) groups excluding carboxylic acids is 1. The summed E-state index contributed by atoms with van der Waals surface area (Å²) in [5.74, 6) is 2.74. The summed E-state index contributed by atoms with van der Waals surface area (Å²) in [7, 11) is 0. The van der Waals surface area contributed by atoms with Crippen molar-refractivity contribution < 1.29 is 14.6 Å². The van der Waals surface area contributed by atoms with Crippen molar-refractivity contribution in [2.24, 2.45) is 17.8 Å². The number of benzene rings is 1. The summed E-state index contributed by atoms with van der Waals surface area (Å²) in [6.45, 7) is 5.62. The zero-order chi connectivity index (χ0) is 20.9. The highest BCUT2D eigenvalue weighted by molar-refractivity contribution is 5.80. The number of non-ortho nitro benzene ring substituents is 1. The van der Waals surface area contributed by atoms with Crippen LogP contribution in [0.15, 0.2) is 24.3 Å². The molecule has 162 valence electrons. The maximum atomic E-state index is 13.2. The van der Waals surface area contributed by atoms with Crippen LogP contribution in [0, 0.1) is 27.9 Å². The second-order valence-corrected chi connectivity index (χ2v) is 10.3. The van der Waals surface area contributed by atoms with Gasteiger partial charge in [-0.15, -0.1) is 0 Å². The van der Waals surface area contributed by atoms with E-state index in [1.807, 2.05) is 12.1 Å². The second-order valence-electron chi connectivity index (χ2n) is 10.3. The minimum absolute atomic E-state index is 0.0305. The van der Waals surface area contributed by atoms with Crippen molar-refractivity contribution in [3.63, 3.8) is 0 Å². The fourth-order valence-corrected chi connectivity index (χ4v) is 7.09. The molecule has 5 aliphatic rings. The lowest BCUT2D eigenvalue weighted by atomic mass is 9.53. The van der Waals surface area contributed by atoms with Gasteiger partial charge in [0.1, 0.15) is 0 Å². The van der Waals surface area contributed by atoms with Crippen molar-refractivity contribution in [2.75, 3.05) is 31.1 Å². The summed E-state index contributed by atoms with van der Waals surface area (Å²) in [6.07, 6.45) is 7.75. The van der Waals surface area contributed by atoms with Gasteiger partial charge in [-0.2, -0.15) is 0 Å². The molecule has 6 rings (SSSR count). The molecule has 1 saturated heterocycles. The van der Waals surface area contributed by atoms with Gasteiger partial charge in [0.25, 0.3) is 11.6 Å². The first kappa shape index (κ1) is 19.8. The Morgan fingerprint density at radius 2 is 1.63 bits per heavy atom. The molecule has 7 heteroatoms. The normalized spacial score (nSPS) is 34.0. The van der Waals surface area contributed by atoms with Crippen molar-refractivity contribution in [3.05, 3.63) is 34.4 Å². The summed E-state index contributed by atoms with van der Waals surface area (Å²) in [5.41, 5.74) is 1.23. The molecule has 5 fully saturated rings. The van der Waals surface area contributed by atoms with Crippen molar-refractivity contribution >= 4 is 17.3 Å². The largest absolute Gasteiger partial charge is 0.360 e. The number of nitro groups is 1. The zero-order valence-corrected chi connectivity index (χ0v) is 17.8. The van der Waals surface area contributed by atoms with Crippen molar-refractivity contribution in [3.8, 4) is 0 Å². The molecule has 30 heavy (non-hydrogen) atoms. The smallest absolute Gasteiger partial charge is 0.278 e. The predicted molar refractivity (Wildman–Crippen MR) is 115 cm³/mol. The van der Waals surface area contributed by atoms with E-state index >= 15 is 0 Å². The molecule has 0 unspecified atom stereocenters. The molecule has 4 bridgehead atoms. The fraction of sp³-hybridized carbons (Fsp3) is 0.696. The molecular weight excluding hydrogens is 380 g/mol. The molecule has 1 amide bonds. The number of nitrogens with one attached hydrogen (secondary N) is 2. The Hall–Kier alpha value is -2.15. The number of rotatable bonds is 5. The number of nitro benzene ring substituents is 1. The van der Waals surface area contributed by atoms with Crippen LogP contribution >= 0.6 is 0 Å². The van der Waals surface area contributed by atoms with E-state index in [4.69, 9.17) is 0 Å². The van der Waals surface area contributed by atoms with E-state index in [0.29, 0.717) is 0 Å². The Morgan fingerprint density at radius 3 is 2.13 bits per heavy atom. The first-order valence-corrected chi connectivity index (χ1v) is 11.6. The first-order chi connectivity index (χ1) is 14.4. The van der Waals surface area contributed by atoms with Crippen LogP contribution in [0.2, 0.25) is 0 Å². The Bertz CT molecular complexity index is 781. The highest BCUT2D eigenvalue weighted by Gasteiger charge is 2.52. The van der Waals surface area contributed by atoms with Gasteiger partial charge < -0.3 is 15.1 Å². The molecule has 7 nitrogen and oxygen atoms in total. The van der Waals surface area contributed by atoms with Gasteiger partial charge in [-0.3, -0.25) is 14.9 Å². The lowest BCUT2D eigenvalue weighted by molar-refractivity contribution is -0.914. The number of hydrogen-bond acceptors (Lipinski definition) is 4. The predicted octanol–water partition coefficient (Wildman–Crippen LogP) is 1.77. The monoisotopic (exact) mass is 413 g/mol. The van der Waals surface area contributed by atoms with Crippen LogP contribution in [0.25, 0.3) is 0 Å². The fourth-order valence-electron chi connectivity index (χ4n) is 7.09. The first-order valence-electron chi connectivity index (χ1n) is 11.6. The molecule has 1 aromatic rings. The number of carbonyl (C=O) groups is 1. The molecule has 1 aliphatic heterocycles. The third-order valence-corrected chi connectivity index (χ3v) is 8.26. The lowest BCUT2D eigenvalue weighted by Crippen LogP contribution is -3.19. The second kappa shape index (κ2) is 7.52. The van der Waals surface area contributed by atoms with E-state index in [0.717, 1.165) is 49.6 Å². The molecule has 1 aromatic carbocycles. The number of hydrogen-bond donors (Lipinski definition) is 2. The number of quaternary nitrogens is 1. The van der Waals surface area contributed by atoms with Crippen LogP contribution in [0.4, 0.5) is 11.4 Å². The summed E-state index contributed by atoms with van der Waals surface area (Å²) < 4.78 is 0. The molecule has 0 spiro atoms. The Labute approximate surface area is 177 Å². The van der Waals surface area contributed by atoms with Crippen LogP contribution < -0.4 is 15.1 Å². The van der Waals surface area contributed by atoms with Crippen LogP contribution in [0.1, 0.15) is 45.4 Å². The van der Waals surface area contributed by atoms with Gasteiger partial charge in [-0.1, -0.05) is 0 Å². The standard InChI is InChI=1S/C23H32N4O3/c1-16(22(28)24-23-13-17-10-18(14-23)12-19(11-17)15-23)25-6-8-26(9-7-25)20-2-4-21(5-3-20)27(29)30/h2-5,16-19H,6-15H2,1H3,(H,24,28)/p+1/t16-,17?,18?,19?,23?/m1/s1. The van der Waals surface area contributed by atoms with Crippen molar-refractivity contribution in [1.82, 2.24) is 5.32 Å². The van der Waals surface area contributed by atoms with E-state index < -0.39 is 0 Å². The van der Waals surface area contributed by atoms with E-state index in [1.165, 1.54) is 43.4 Å². The topological polar surface area (TPSA) is 79.9 Å². The van der Waals surface area contributed by atoms with Gasteiger partial charge in [-0.25, -0.2) is 0 Å². The molecular formula is C23H33N4O3+. The lowest BCUT2D eigenvalue weighted by Gasteiger charge is -2.57. The Balaban J connectivity index is 1.16. The maximum Gasteiger partial charge on any atom is 0.278 e. The molecule has 2 N–H and O–H groups in total. The van der Waals surface area contributed by atoms with Gasteiger partial charge in [0.2, 0.25) is 0 Å². The minimum atomic E-state index is -0.365. The number of nitrogens with zero attached hydrogens (tertiary/aromatic N) is 2. The number of amides is 1. The van der Waals surface area contributed by atoms with E-state index in [9.17, 15) is 14.9 Å². The van der Waals surface area contributed by atoms with Crippen molar-refractivity contribution in [2.45, 2.75) is 57.0 Å². The van der Waals surface area contributed by atoms with Gasteiger partial charge in [0.05, 0.1) is 31.1 Å². The van der Waals surface area contributed by atoms with E-state index in [1.54, 1.807) is 12.1 Å². The zero-order valence-electron chi connectivity index (χ0n) is 17.8. The molecule has 0 radical (unpaired) electrons. The number of piperazine rings is 1. The highest BCUT2D eigenvalue weighted by atomic mass is 16.6. The molecule has 1 heterocycles. The molecule has 4 saturated carbocycles. The summed E-state index contributed by atoms with van der Waals surface area (Å²) in [5, 5.41) is 14.4. The van der Waals surface area contributed by atoms with Gasteiger partial charge in [0, 0.05) is 23.4 Å². The van der Waals surface area contributed by atoms with Crippen LogP contribution in [0.3, 0.4) is 0 Å². The highest BCUT2D eigenvalue weighted by Crippen LogP contribution is 2.55. The third kappa shape index (κ3) is 3.68. The third-order valence-electron chi connectivity index (χ3n) is 8.26. The minimum Gasteiger partial charge on any atom is -0.360 e. The van der Waals surface area contributed by atoms with E-state index in [-0.39, 0.29) is 28.1 Å². The van der Waals surface area contributed by atoms with Crippen LogP contribution in [0.5, 0.6) is 0 Å². The average Bonchev–Trinajstić information content (AvgIpc) is 2.72. The summed E-state index contributed by atoms with van der Waals surface area (Å²) in [6, 6.07) is 6.75. The van der Waals surface area contributed by atoms with Gasteiger partial charge >= 0.3 is 0 Å². The van der Waals surface area contributed by atoms with Crippen LogP contribution in [-0.4, -0.2) is 48.6 Å². The molecule has 0 aromatic heterocycles. The van der Waals surface area contributed by atoms with Crippen molar-refractivity contribution in [1.29, 1.82) is 0 Å². The summed E-state index contributed by atoms with van der Waals surface area (Å²) >= 11 is 0. The Kier molecular flexibility index (Phi) is 4.96. The maximum absolute atomic E-state index is 13.2. The average molecular weight is 414 g/mol. The quantitative estimate of drug-likeness (QED) is 0.570. The molecule has 4 aliphatic carbocycles. The molecule has 1 atom stereocenters. The van der Waals surface area contributed by atoms with Gasteiger partial charge in [-0.05, 0) is 75.3 Å². The van der Waals surface area contributed by atoms with E-state index in [2.05, 4.69) is 17.1 Å². The van der Waals surface area contributed by atoms with Crippen LogP contribution in [-0.2, 0) is 4.79 Å². The summed E-state index contributed by atoms with van der Waals surface area (Å²) in [4.78, 5) is 27.3. The SMILES string of the molecule is C[C@H](C(=O)NC12CC3CC(CC(C3)C1)C2)[NH+]1CCN(c2ccc([N+](=O)[O-])cc2)CC1.